The van der Waals surface area contributed by atoms with Crippen molar-refractivity contribution in [2.24, 2.45) is 0 Å². The van der Waals surface area contributed by atoms with Crippen molar-refractivity contribution in [2.45, 2.75) is 13.3 Å². The zero-order valence-electron chi connectivity index (χ0n) is 7.09. The quantitative estimate of drug-likeness (QED) is 0.700. The summed E-state index contributed by atoms with van der Waals surface area (Å²) in [5.74, 6) is -0.578. The Morgan fingerprint density at radius 1 is 1.50 bits per heavy atom. The Balaban J connectivity index is 3.05. The molecular weight excluding hydrogens is 197 g/mol. The van der Waals surface area contributed by atoms with Gasteiger partial charge in [-0.15, -0.1) is 13.2 Å². The predicted octanol–water partition coefficient (Wildman–Crippen LogP) is 2.16. The monoisotopic (exact) mass is 202 g/mol. The van der Waals surface area contributed by atoms with Gasteiger partial charge in [-0.05, 0) is 13.0 Å². The fraction of sp³-hybridized carbons (Fsp3) is 0.250. The van der Waals surface area contributed by atoms with Gasteiger partial charge in [-0.2, -0.15) is 5.26 Å². The minimum atomic E-state index is -4.80. The number of aromatic nitrogens is 1. The van der Waals surface area contributed by atoms with Crippen LogP contribution in [0.15, 0.2) is 12.3 Å². The van der Waals surface area contributed by atoms with E-state index in [1.807, 2.05) is 0 Å². The zero-order chi connectivity index (χ0) is 10.8. The summed E-state index contributed by atoms with van der Waals surface area (Å²) < 4.78 is 39.0. The first-order chi connectivity index (χ1) is 6.42. The van der Waals surface area contributed by atoms with Crippen LogP contribution in [0.3, 0.4) is 0 Å². The van der Waals surface area contributed by atoms with Crippen LogP contribution in [-0.4, -0.2) is 11.3 Å². The molecule has 1 heterocycles. The number of hydrogen-bond acceptors (Lipinski definition) is 3. The number of nitrogens with zero attached hydrogens (tertiary/aromatic N) is 2. The van der Waals surface area contributed by atoms with Crippen molar-refractivity contribution in [3.63, 3.8) is 0 Å². The van der Waals surface area contributed by atoms with E-state index >= 15 is 0 Å². The Kier molecular flexibility index (Phi) is 2.60. The van der Waals surface area contributed by atoms with E-state index in [1.54, 1.807) is 13.0 Å². The first-order valence-electron chi connectivity index (χ1n) is 3.55. The Morgan fingerprint density at radius 3 is 2.64 bits per heavy atom. The maximum absolute atomic E-state index is 11.8. The molecule has 0 saturated heterocycles. The third-order valence-corrected chi connectivity index (χ3v) is 1.35. The van der Waals surface area contributed by atoms with Gasteiger partial charge in [0.05, 0.1) is 11.8 Å². The molecular formula is C8H5F3N2O. The van der Waals surface area contributed by atoms with Gasteiger partial charge in [0.1, 0.15) is 6.07 Å². The van der Waals surface area contributed by atoms with Crippen molar-refractivity contribution in [1.82, 2.24) is 4.98 Å². The number of alkyl halides is 3. The van der Waals surface area contributed by atoms with E-state index in [-0.39, 0.29) is 5.56 Å². The molecule has 0 radical (unpaired) electrons. The number of rotatable bonds is 1. The molecule has 0 fully saturated rings. The number of halogens is 3. The summed E-state index contributed by atoms with van der Waals surface area (Å²) in [6, 6.07) is 2.82. The van der Waals surface area contributed by atoms with E-state index in [0.29, 0.717) is 5.69 Å². The normalized spacial score (nSPS) is 10.8. The lowest BCUT2D eigenvalue weighted by Crippen LogP contribution is -2.18. The second-order valence-electron chi connectivity index (χ2n) is 2.48. The van der Waals surface area contributed by atoms with Crippen LogP contribution in [0.25, 0.3) is 0 Å². The Morgan fingerprint density at radius 2 is 2.14 bits per heavy atom. The summed E-state index contributed by atoms with van der Waals surface area (Å²) in [6.07, 6.45) is -3.93. The van der Waals surface area contributed by atoms with Gasteiger partial charge in [0.25, 0.3) is 0 Å². The lowest BCUT2D eigenvalue weighted by atomic mass is 10.2. The third kappa shape index (κ3) is 2.62. The van der Waals surface area contributed by atoms with E-state index in [1.165, 1.54) is 6.07 Å². The highest BCUT2D eigenvalue weighted by Gasteiger charge is 2.32. The van der Waals surface area contributed by atoms with Crippen LogP contribution in [0.4, 0.5) is 13.2 Å². The molecule has 14 heavy (non-hydrogen) atoms. The molecule has 0 unspecified atom stereocenters. The molecule has 3 nitrogen and oxygen atoms in total. The third-order valence-electron chi connectivity index (χ3n) is 1.35. The number of pyridine rings is 1. The van der Waals surface area contributed by atoms with Crippen molar-refractivity contribution >= 4 is 0 Å². The summed E-state index contributed by atoms with van der Waals surface area (Å²) in [6.45, 7) is 1.57. The van der Waals surface area contributed by atoms with Crippen molar-refractivity contribution in [1.29, 1.82) is 5.26 Å². The van der Waals surface area contributed by atoms with E-state index in [2.05, 4.69) is 9.72 Å². The number of aryl methyl sites for hydroxylation is 1. The summed E-state index contributed by atoms with van der Waals surface area (Å²) in [5.41, 5.74) is 0.269. The van der Waals surface area contributed by atoms with Crippen LogP contribution in [0, 0.1) is 18.3 Å². The van der Waals surface area contributed by atoms with Crippen LogP contribution >= 0.6 is 0 Å². The molecule has 0 aliphatic heterocycles. The molecule has 0 N–H and O–H groups in total. The van der Waals surface area contributed by atoms with Gasteiger partial charge in [0.2, 0.25) is 0 Å². The first-order valence-corrected chi connectivity index (χ1v) is 3.55. The number of ether oxygens (including phenoxy) is 1. The molecule has 1 rings (SSSR count). The molecule has 0 spiro atoms. The highest BCUT2D eigenvalue weighted by molar-refractivity contribution is 5.42. The summed E-state index contributed by atoms with van der Waals surface area (Å²) >= 11 is 0. The molecule has 74 valence electrons. The van der Waals surface area contributed by atoms with Gasteiger partial charge in [-0.1, -0.05) is 0 Å². The van der Waals surface area contributed by atoms with Crippen molar-refractivity contribution < 1.29 is 17.9 Å². The van der Waals surface area contributed by atoms with E-state index in [9.17, 15) is 13.2 Å². The lowest BCUT2D eigenvalue weighted by molar-refractivity contribution is -0.274. The molecule has 1 aromatic heterocycles. The van der Waals surface area contributed by atoms with E-state index < -0.39 is 12.1 Å². The van der Waals surface area contributed by atoms with E-state index in [0.717, 1.165) is 6.20 Å². The second kappa shape index (κ2) is 3.54. The van der Waals surface area contributed by atoms with Crippen LogP contribution in [0.1, 0.15) is 11.3 Å². The minimum Gasteiger partial charge on any atom is -0.403 e. The topological polar surface area (TPSA) is 45.9 Å². The zero-order valence-corrected chi connectivity index (χ0v) is 7.09. The van der Waals surface area contributed by atoms with Gasteiger partial charge >= 0.3 is 6.36 Å². The second-order valence-corrected chi connectivity index (χ2v) is 2.48. The number of nitriles is 1. The molecule has 0 saturated carbocycles. The predicted molar refractivity (Wildman–Crippen MR) is 40.4 cm³/mol. The van der Waals surface area contributed by atoms with Gasteiger partial charge in [0.15, 0.2) is 5.75 Å². The van der Waals surface area contributed by atoms with Crippen LogP contribution in [0.5, 0.6) is 5.75 Å². The standard InChI is InChI=1S/C8H5F3N2O/c1-5-2-6(3-12)7(4-13-5)14-8(9,10)11/h2,4H,1H3. The molecule has 6 heteroatoms. The van der Waals surface area contributed by atoms with Crippen LogP contribution in [-0.2, 0) is 0 Å². The maximum Gasteiger partial charge on any atom is 0.573 e. The van der Waals surface area contributed by atoms with Gasteiger partial charge < -0.3 is 4.74 Å². The average molecular weight is 202 g/mol. The Bertz CT molecular complexity index is 381. The molecule has 0 aliphatic carbocycles. The SMILES string of the molecule is Cc1cc(C#N)c(OC(F)(F)F)cn1. The fourth-order valence-corrected chi connectivity index (χ4v) is 0.841. The van der Waals surface area contributed by atoms with Crippen molar-refractivity contribution in [2.75, 3.05) is 0 Å². The summed E-state index contributed by atoms with van der Waals surface area (Å²) in [4.78, 5) is 3.60. The minimum absolute atomic E-state index is 0.185. The lowest BCUT2D eigenvalue weighted by Gasteiger charge is -2.09. The van der Waals surface area contributed by atoms with Gasteiger partial charge in [-0.3, -0.25) is 4.98 Å². The first kappa shape index (κ1) is 10.3. The largest absolute Gasteiger partial charge is 0.573 e. The van der Waals surface area contributed by atoms with Gasteiger partial charge in [-0.25, -0.2) is 0 Å². The molecule has 0 aliphatic rings. The highest BCUT2D eigenvalue weighted by Crippen LogP contribution is 2.25. The van der Waals surface area contributed by atoms with Gasteiger partial charge in [0, 0.05) is 5.69 Å². The summed E-state index contributed by atoms with van der Waals surface area (Å²) in [5, 5.41) is 8.51. The molecule has 0 bridgehead atoms. The van der Waals surface area contributed by atoms with Crippen LogP contribution in [0.2, 0.25) is 0 Å². The van der Waals surface area contributed by atoms with Crippen molar-refractivity contribution in [3.05, 3.63) is 23.5 Å². The highest BCUT2D eigenvalue weighted by atomic mass is 19.4. The molecule has 1 aromatic rings. The fourth-order valence-electron chi connectivity index (χ4n) is 0.841. The molecule has 0 amide bonds. The average Bonchev–Trinajstić information content (AvgIpc) is 2.06. The molecule has 0 atom stereocenters. The Hall–Kier alpha value is -1.77. The van der Waals surface area contributed by atoms with Crippen LogP contribution < -0.4 is 4.74 Å². The van der Waals surface area contributed by atoms with E-state index in [4.69, 9.17) is 5.26 Å². The smallest absolute Gasteiger partial charge is 0.403 e. The summed E-state index contributed by atoms with van der Waals surface area (Å²) in [7, 11) is 0. The Labute approximate surface area is 77.7 Å². The molecule has 0 aromatic carbocycles. The maximum atomic E-state index is 11.8. The number of hydrogen-bond donors (Lipinski definition) is 0. The van der Waals surface area contributed by atoms with Crippen molar-refractivity contribution in [3.8, 4) is 11.8 Å².